The highest BCUT2D eigenvalue weighted by Crippen LogP contribution is 2.28. The van der Waals surface area contributed by atoms with E-state index in [1.165, 1.54) is 24.5 Å². The number of aromatic nitrogens is 3. The molecule has 0 aliphatic heterocycles. The minimum Gasteiger partial charge on any atom is -0.434 e. The summed E-state index contributed by atoms with van der Waals surface area (Å²) in [4.78, 5) is 33.5. The molecule has 0 radical (unpaired) electrons. The maximum absolute atomic E-state index is 12.3. The zero-order valence-corrected chi connectivity index (χ0v) is 17.4. The average Bonchev–Trinajstić information content (AvgIpc) is 2.85. The van der Waals surface area contributed by atoms with Crippen LogP contribution in [0.5, 0.6) is 11.6 Å². The molecule has 0 saturated carbocycles. The number of ether oxygens (including phenoxy) is 1. The summed E-state index contributed by atoms with van der Waals surface area (Å²) >= 11 is 0. The van der Waals surface area contributed by atoms with Gasteiger partial charge in [0.15, 0.2) is 0 Å². The Morgan fingerprint density at radius 2 is 1.88 bits per heavy atom. The van der Waals surface area contributed by atoms with Crippen molar-refractivity contribution in [2.75, 3.05) is 5.43 Å². The fraction of sp³-hybridized carbons (Fsp3) is 0. The van der Waals surface area contributed by atoms with Crippen molar-refractivity contribution in [3.63, 3.8) is 0 Å². The van der Waals surface area contributed by atoms with Crippen molar-refractivity contribution in [1.29, 1.82) is 5.26 Å². The molecule has 34 heavy (non-hydrogen) atoms. The second-order valence-corrected chi connectivity index (χ2v) is 6.74. The summed E-state index contributed by atoms with van der Waals surface area (Å²) in [6, 6.07) is 20.1. The van der Waals surface area contributed by atoms with Gasteiger partial charge in [0.2, 0.25) is 5.95 Å². The van der Waals surface area contributed by atoms with E-state index in [1.54, 1.807) is 48.5 Å². The lowest BCUT2D eigenvalue weighted by atomic mass is 10.1. The summed E-state index contributed by atoms with van der Waals surface area (Å²) in [6.07, 6.45) is 2.88. The van der Waals surface area contributed by atoms with Crippen molar-refractivity contribution in [3.05, 3.63) is 105 Å². The second-order valence-electron chi connectivity index (χ2n) is 6.74. The Bertz CT molecular complexity index is 1460. The molecule has 0 spiro atoms. The van der Waals surface area contributed by atoms with Crippen molar-refractivity contribution in [2.24, 2.45) is 5.10 Å². The van der Waals surface area contributed by atoms with Crippen LogP contribution in [0.2, 0.25) is 0 Å². The van der Waals surface area contributed by atoms with Crippen molar-refractivity contribution in [3.8, 4) is 29.0 Å². The number of hydrazone groups is 1. The second kappa shape index (κ2) is 9.84. The van der Waals surface area contributed by atoms with Gasteiger partial charge in [-0.2, -0.15) is 10.4 Å². The molecular formula is C23H15N7O4. The number of pyridine rings is 1. The number of nitriles is 1. The first-order valence-electron chi connectivity index (χ1n) is 9.81. The first kappa shape index (κ1) is 21.8. The highest BCUT2D eigenvalue weighted by Gasteiger charge is 2.16. The predicted octanol–water partition coefficient (Wildman–Crippen LogP) is 3.85. The molecule has 0 unspecified atom stereocenters. The number of nitro groups is 1. The monoisotopic (exact) mass is 453 g/mol. The van der Waals surface area contributed by atoms with Gasteiger partial charge in [0.05, 0.1) is 16.8 Å². The van der Waals surface area contributed by atoms with Crippen molar-refractivity contribution in [1.82, 2.24) is 15.0 Å². The first-order chi connectivity index (χ1) is 16.5. The lowest BCUT2D eigenvalue weighted by Gasteiger charge is -2.06. The minimum absolute atomic E-state index is 0.0709. The van der Waals surface area contributed by atoms with Gasteiger partial charge in [-0.3, -0.25) is 19.9 Å². The maximum Gasteiger partial charge on any atom is 0.331 e. The van der Waals surface area contributed by atoms with E-state index in [-0.39, 0.29) is 28.8 Å². The number of hydrogen-bond acceptors (Lipinski definition) is 9. The molecule has 0 saturated heterocycles. The number of hydrogen-bond donors (Lipinski definition) is 2. The van der Waals surface area contributed by atoms with Crippen LogP contribution in [-0.2, 0) is 0 Å². The summed E-state index contributed by atoms with van der Waals surface area (Å²) in [5.74, 6) is 0.319. The molecule has 4 rings (SSSR count). The molecular weight excluding hydrogens is 438 g/mol. The van der Waals surface area contributed by atoms with Gasteiger partial charge >= 0.3 is 5.69 Å². The number of nitrogens with one attached hydrogen (secondary N) is 2. The molecule has 4 aromatic rings. The van der Waals surface area contributed by atoms with Crippen LogP contribution in [0.3, 0.4) is 0 Å². The molecule has 11 nitrogen and oxygen atoms in total. The van der Waals surface area contributed by atoms with E-state index in [1.807, 2.05) is 12.1 Å². The van der Waals surface area contributed by atoms with Crippen LogP contribution >= 0.6 is 0 Å². The van der Waals surface area contributed by atoms with Gasteiger partial charge in [-0.1, -0.05) is 30.3 Å². The molecule has 0 amide bonds. The molecule has 2 aromatic carbocycles. The van der Waals surface area contributed by atoms with Crippen LogP contribution in [0.25, 0.3) is 11.3 Å². The Hall–Kier alpha value is -5.37. The van der Waals surface area contributed by atoms with Crippen LogP contribution in [0.15, 0.2) is 82.8 Å². The maximum atomic E-state index is 12.3. The van der Waals surface area contributed by atoms with E-state index >= 15 is 0 Å². The molecule has 11 heteroatoms. The van der Waals surface area contributed by atoms with Gasteiger partial charge < -0.3 is 4.74 Å². The quantitative estimate of drug-likeness (QED) is 0.242. The lowest BCUT2D eigenvalue weighted by Crippen LogP contribution is -2.16. The lowest BCUT2D eigenvalue weighted by molar-refractivity contribution is -0.386. The van der Waals surface area contributed by atoms with E-state index in [9.17, 15) is 20.2 Å². The largest absolute Gasteiger partial charge is 0.434 e. The fourth-order valence-electron chi connectivity index (χ4n) is 2.94. The number of H-pyrrole nitrogens is 1. The molecule has 2 aromatic heterocycles. The summed E-state index contributed by atoms with van der Waals surface area (Å²) in [5, 5.41) is 24.5. The van der Waals surface area contributed by atoms with Crippen molar-refractivity contribution < 1.29 is 9.66 Å². The topological polar surface area (TPSA) is 159 Å². The van der Waals surface area contributed by atoms with Crippen LogP contribution in [0, 0.1) is 21.4 Å². The van der Waals surface area contributed by atoms with Crippen LogP contribution in [0.1, 0.15) is 11.1 Å². The SMILES string of the molecule is N#Cc1c(-c2ccccc2)nc(NN=Cc2ccc(Oc3ncccc3[N+](=O)[O-])cc2)[nH]c1=O. The van der Waals surface area contributed by atoms with E-state index in [0.29, 0.717) is 16.9 Å². The highest BCUT2D eigenvalue weighted by molar-refractivity contribution is 5.80. The van der Waals surface area contributed by atoms with Gasteiger partial charge in [0, 0.05) is 17.8 Å². The standard InChI is InChI=1S/C23H15N7O4/c24-13-18-20(16-5-2-1-3-6-16)27-23(28-21(18)31)29-26-14-15-8-10-17(11-9-15)34-22-19(30(32)33)7-4-12-25-22/h1-12,14H,(H2,27,28,29,31). The van der Waals surface area contributed by atoms with Crippen LogP contribution < -0.4 is 15.7 Å². The Morgan fingerprint density at radius 1 is 1.12 bits per heavy atom. The number of rotatable bonds is 7. The third-order valence-corrected chi connectivity index (χ3v) is 4.50. The number of anilines is 1. The molecule has 2 N–H and O–H groups in total. The average molecular weight is 453 g/mol. The van der Waals surface area contributed by atoms with Gasteiger partial charge in [-0.05, 0) is 35.9 Å². The molecule has 0 aliphatic rings. The Balaban J connectivity index is 1.48. The van der Waals surface area contributed by atoms with E-state index in [4.69, 9.17) is 4.74 Å². The number of benzene rings is 2. The van der Waals surface area contributed by atoms with Gasteiger partial charge in [0.1, 0.15) is 17.4 Å². The molecule has 2 heterocycles. The normalized spacial score (nSPS) is 10.6. The van der Waals surface area contributed by atoms with Gasteiger partial charge in [-0.25, -0.2) is 15.4 Å². The van der Waals surface area contributed by atoms with Crippen molar-refractivity contribution >= 4 is 17.9 Å². The van der Waals surface area contributed by atoms with Crippen LogP contribution in [0.4, 0.5) is 11.6 Å². The molecule has 166 valence electrons. The van der Waals surface area contributed by atoms with Gasteiger partial charge in [-0.15, -0.1) is 0 Å². The summed E-state index contributed by atoms with van der Waals surface area (Å²) < 4.78 is 5.50. The number of nitrogens with zero attached hydrogens (tertiary/aromatic N) is 5. The highest BCUT2D eigenvalue weighted by atomic mass is 16.6. The first-order valence-corrected chi connectivity index (χ1v) is 9.81. The molecule has 0 atom stereocenters. The number of aromatic amines is 1. The summed E-state index contributed by atoms with van der Waals surface area (Å²) in [6.45, 7) is 0. The molecule has 0 fully saturated rings. The fourth-order valence-corrected chi connectivity index (χ4v) is 2.94. The Kier molecular flexibility index (Phi) is 6.32. The van der Waals surface area contributed by atoms with E-state index in [2.05, 4.69) is 25.5 Å². The third-order valence-electron chi connectivity index (χ3n) is 4.50. The summed E-state index contributed by atoms with van der Waals surface area (Å²) in [7, 11) is 0. The van der Waals surface area contributed by atoms with E-state index < -0.39 is 10.5 Å². The van der Waals surface area contributed by atoms with Gasteiger partial charge in [0.25, 0.3) is 11.4 Å². The smallest absolute Gasteiger partial charge is 0.331 e. The minimum atomic E-state index is -0.584. The zero-order chi connectivity index (χ0) is 23.9. The Labute approximate surface area is 192 Å². The predicted molar refractivity (Wildman–Crippen MR) is 124 cm³/mol. The summed E-state index contributed by atoms with van der Waals surface area (Å²) in [5.41, 5.74) is 3.28. The third kappa shape index (κ3) is 4.92. The zero-order valence-electron chi connectivity index (χ0n) is 17.4. The Morgan fingerprint density at radius 3 is 2.59 bits per heavy atom. The van der Waals surface area contributed by atoms with Crippen molar-refractivity contribution in [2.45, 2.75) is 0 Å². The van der Waals surface area contributed by atoms with E-state index in [0.717, 1.165) is 0 Å². The van der Waals surface area contributed by atoms with Crippen LogP contribution in [-0.4, -0.2) is 26.1 Å². The molecule has 0 aliphatic carbocycles. The molecule has 0 bridgehead atoms.